The lowest BCUT2D eigenvalue weighted by Crippen LogP contribution is -2.28. The Labute approximate surface area is 125 Å². The molecule has 114 valence electrons. The largest absolute Gasteiger partial charge is 0.368 e. The van der Waals surface area contributed by atoms with Crippen molar-refractivity contribution in [1.29, 1.82) is 0 Å². The van der Waals surface area contributed by atoms with Crippen LogP contribution < -0.4 is 21.7 Å². The number of anilines is 3. The van der Waals surface area contributed by atoms with Crippen molar-refractivity contribution in [2.75, 3.05) is 29.0 Å². The first-order valence-electron chi connectivity index (χ1n) is 8.09. The van der Waals surface area contributed by atoms with Gasteiger partial charge in [-0.2, -0.15) is 9.97 Å². The maximum absolute atomic E-state index is 5.98. The molecule has 4 atom stereocenters. The van der Waals surface area contributed by atoms with Gasteiger partial charge < -0.3 is 21.7 Å². The number of nitrogens with two attached hydrogens (primary N) is 2. The zero-order valence-electron chi connectivity index (χ0n) is 12.3. The number of hydrogen-bond donors (Lipinski definition) is 3. The second kappa shape index (κ2) is 5.02. The number of rotatable bonds is 3. The minimum absolute atomic E-state index is 0.239. The third-order valence-corrected chi connectivity index (χ3v) is 5.35. The quantitative estimate of drug-likeness (QED) is 0.774. The first kappa shape index (κ1) is 13.1. The molecule has 3 fully saturated rings. The van der Waals surface area contributed by atoms with Crippen molar-refractivity contribution < 1.29 is 0 Å². The summed E-state index contributed by atoms with van der Waals surface area (Å²) in [4.78, 5) is 10.9. The van der Waals surface area contributed by atoms with E-state index in [0.29, 0.717) is 12.0 Å². The van der Waals surface area contributed by atoms with Gasteiger partial charge in [-0.1, -0.05) is 6.42 Å². The third kappa shape index (κ3) is 2.52. The first-order chi connectivity index (χ1) is 10.2. The molecule has 3 aliphatic rings. The molecular weight excluding hydrogens is 264 g/mol. The number of nitrogens with one attached hydrogen (secondary N) is 1. The van der Waals surface area contributed by atoms with Gasteiger partial charge in [0.15, 0.2) is 0 Å². The smallest absolute Gasteiger partial charge is 0.223 e. The summed E-state index contributed by atoms with van der Waals surface area (Å²) in [7, 11) is 0. The molecule has 0 unspecified atom stereocenters. The van der Waals surface area contributed by atoms with Crippen LogP contribution in [0.5, 0.6) is 0 Å². The second-order valence-corrected chi connectivity index (χ2v) is 6.89. The third-order valence-electron chi connectivity index (χ3n) is 5.35. The molecule has 2 heterocycles. The Balaban J connectivity index is 1.51. The average Bonchev–Trinajstić information content (AvgIpc) is 3.14. The highest BCUT2D eigenvalue weighted by atomic mass is 15.2. The second-order valence-electron chi connectivity index (χ2n) is 6.89. The molecule has 1 saturated heterocycles. The predicted octanol–water partition coefficient (Wildman–Crippen LogP) is 1.20. The van der Waals surface area contributed by atoms with Gasteiger partial charge in [-0.3, -0.25) is 0 Å². The van der Waals surface area contributed by atoms with Gasteiger partial charge in [0.25, 0.3) is 0 Å². The molecule has 0 spiro atoms. The average molecular weight is 288 g/mol. The van der Waals surface area contributed by atoms with Crippen molar-refractivity contribution in [2.45, 2.75) is 44.2 Å². The van der Waals surface area contributed by atoms with Crippen molar-refractivity contribution in [1.82, 2.24) is 9.97 Å². The zero-order chi connectivity index (χ0) is 14.4. The van der Waals surface area contributed by atoms with Gasteiger partial charge >= 0.3 is 0 Å². The molecule has 1 aromatic heterocycles. The van der Waals surface area contributed by atoms with E-state index in [-0.39, 0.29) is 6.04 Å². The van der Waals surface area contributed by atoms with E-state index in [1.165, 1.54) is 25.7 Å². The van der Waals surface area contributed by atoms with Crippen molar-refractivity contribution in [3.63, 3.8) is 0 Å². The summed E-state index contributed by atoms with van der Waals surface area (Å²) < 4.78 is 0. The molecule has 2 bridgehead atoms. The minimum atomic E-state index is 0.239. The maximum atomic E-state index is 5.98. The molecular formula is C15H24N6. The summed E-state index contributed by atoms with van der Waals surface area (Å²) in [5.74, 6) is 3.85. The predicted molar refractivity (Wildman–Crippen MR) is 84.1 cm³/mol. The Morgan fingerprint density at radius 3 is 2.76 bits per heavy atom. The lowest BCUT2D eigenvalue weighted by molar-refractivity contribution is 0.439. The Morgan fingerprint density at radius 1 is 1.19 bits per heavy atom. The number of aromatic nitrogens is 2. The van der Waals surface area contributed by atoms with Gasteiger partial charge in [0.05, 0.1) is 0 Å². The van der Waals surface area contributed by atoms with E-state index in [0.717, 1.165) is 43.0 Å². The normalized spacial score (nSPS) is 34.6. The molecule has 6 heteroatoms. The Bertz CT molecular complexity index is 533. The standard InChI is InChI=1S/C15H24N6/c16-11-3-4-21(8-11)14-7-13(19-15(17)20-14)18-12-6-9-1-2-10(12)5-9/h7,9-12H,1-6,8,16H2,(H3,17,18,19,20)/t9-,10+,11-,12+/m0/s1. The molecule has 6 nitrogen and oxygen atoms in total. The highest BCUT2D eigenvalue weighted by Crippen LogP contribution is 2.45. The van der Waals surface area contributed by atoms with Crippen LogP contribution in [-0.2, 0) is 0 Å². The fraction of sp³-hybridized carbons (Fsp3) is 0.733. The molecule has 2 aliphatic carbocycles. The fourth-order valence-electron chi connectivity index (χ4n) is 4.30. The van der Waals surface area contributed by atoms with Crippen LogP contribution in [0.2, 0.25) is 0 Å². The number of nitrogen functional groups attached to an aromatic ring is 1. The van der Waals surface area contributed by atoms with Crippen LogP contribution in [0.4, 0.5) is 17.6 Å². The Hall–Kier alpha value is -1.56. The lowest BCUT2D eigenvalue weighted by atomic mass is 9.95. The highest BCUT2D eigenvalue weighted by molar-refractivity contribution is 5.53. The van der Waals surface area contributed by atoms with Crippen LogP contribution in [-0.4, -0.2) is 35.1 Å². The van der Waals surface area contributed by atoms with E-state index in [2.05, 4.69) is 20.2 Å². The molecule has 0 radical (unpaired) electrons. The molecule has 1 aromatic rings. The molecule has 5 N–H and O–H groups in total. The number of hydrogen-bond acceptors (Lipinski definition) is 6. The fourth-order valence-corrected chi connectivity index (χ4v) is 4.30. The molecule has 2 saturated carbocycles. The summed E-state index contributed by atoms with van der Waals surface area (Å²) in [6, 6.07) is 2.83. The van der Waals surface area contributed by atoms with Crippen molar-refractivity contribution in [2.24, 2.45) is 17.6 Å². The van der Waals surface area contributed by atoms with Crippen molar-refractivity contribution >= 4 is 17.6 Å². The number of nitrogens with zero attached hydrogens (tertiary/aromatic N) is 3. The van der Waals surface area contributed by atoms with Gasteiger partial charge in [0.2, 0.25) is 5.95 Å². The van der Waals surface area contributed by atoms with Crippen LogP contribution >= 0.6 is 0 Å². The van der Waals surface area contributed by atoms with Gasteiger partial charge in [0.1, 0.15) is 11.6 Å². The summed E-state index contributed by atoms with van der Waals surface area (Å²) in [5, 5.41) is 3.60. The summed E-state index contributed by atoms with van der Waals surface area (Å²) in [6.07, 6.45) is 6.44. The van der Waals surface area contributed by atoms with Crippen LogP contribution in [0.15, 0.2) is 6.07 Å². The lowest BCUT2D eigenvalue weighted by Gasteiger charge is -2.24. The van der Waals surface area contributed by atoms with Crippen LogP contribution in [0.25, 0.3) is 0 Å². The summed E-state index contributed by atoms with van der Waals surface area (Å²) in [5.41, 5.74) is 11.9. The van der Waals surface area contributed by atoms with Gasteiger partial charge in [-0.15, -0.1) is 0 Å². The molecule has 1 aliphatic heterocycles. The SMILES string of the molecule is Nc1nc(N[C@@H]2C[C@H]3CC[C@@H]2C3)cc(N2CC[C@H](N)C2)n1. The van der Waals surface area contributed by atoms with Crippen LogP contribution in [0.1, 0.15) is 32.1 Å². The van der Waals surface area contributed by atoms with Gasteiger partial charge in [-0.05, 0) is 37.5 Å². The Morgan fingerprint density at radius 2 is 2.10 bits per heavy atom. The molecule has 0 aromatic carbocycles. The van der Waals surface area contributed by atoms with E-state index < -0.39 is 0 Å². The van der Waals surface area contributed by atoms with E-state index in [9.17, 15) is 0 Å². The van der Waals surface area contributed by atoms with E-state index in [1.807, 2.05) is 6.07 Å². The van der Waals surface area contributed by atoms with E-state index in [4.69, 9.17) is 11.5 Å². The molecule has 0 amide bonds. The van der Waals surface area contributed by atoms with Gasteiger partial charge in [-0.25, -0.2) is 0 Å². The van der Waals surface area contributed by atoms with Crippen molar-refractivity contribution in [3.05, 3.63) is 6.07 Å². The molecule has 21 heavy (non-hydrogen) atoms. The minimum Gasteiger partial charge on any atom is -0.368 e. The van der Waals surface area contributed by atoms with Crippen LogP contribution in [0.3, 0.4) is 0 Å². The Kier molecular flexibility index (Phi) is 3.14. The monoisotopic (exact) mass is 288 g/mol. The summed E-state index contributed by atoms with van der Waals surface area (Å²) in [6.45, 7) is 1.80. The first-order valence-corrected chi connectivity index (χ1v) is 8.09. The van der Waals surface area contributed by atoms with Crippen molar-refractivity contribution in [3.8, 4) is 0 Å². The number of fused-ring (bicyclic) bond motifs is 2. The molecule has 4 rings (SSSR count). The topological polar surface area (TPSA) is 93.1 Å². The van der Waals surface area contributed by atoms with Gasteiger partial charge in [0, 0.05) is 31.2 Å². The summed E-state index contributed by atoms with van der Waals surface area (Å²) >= 11 is 0. The van der Waals surface area contributed by atoms with E-state index >= 15 is 0 Å². The van der Waals surface area contributed by atoms with E-state index in [1.54, 1.807) is 0 Å². The highest BCUT2D eigenvalue weighted by Gasteiger charge is 2.39. The zero-order valence-corrected chi connectivity index (χ0v) is 12.3. The van der Waals surface area contributed by atoms with Crippen LogP contribution in [0, 0.1) is 11.8 Å². The maximum Gasteiger partial charge on any atom is 0.223 e.